The maximum Gasteiger partial charge on any atom is 0.207 e. The highest BCUT2D eigenvalue weighted by atomic mass is 32.2. The van der Waals surface area contributed by atoms with Gasteiger partial charge in [0.05, 0.1) is 0 Å². The van der Waals surface area contributed by atoms with Crippen molar-refractivity contribution in [2.24, 2.45) is 20.0 Å². The van der Waals surface area contributed by atoms with Crippen molar-refractivity contribution in [3.63, 3.8) is 0 Å². The number of amidine groups is 4. The highest BCUT2D eigenvalue weighted by Gasteiger charge is 2.64. The third-order valence-electron chi connectivity index (χ3n) is 7.46. The van der Waals surface area contributed by atoms with Gasteiger partial charge < -0.3 is 10.6 Å². The van der Waals surface area contributed by atoms with Crippen LogP contribution in [0.25, 0.3) is 0 Å². The van der Waals surface area contributed by atoms with Gasteiger partial charge in [-0.1, -0.05) is 110 Å². The molecular formula is C36H36N6S2. The van der Waals surface area contributed by atoms with Crippen LogP contribution in [0.5, 0.6) is 0 Å². The number of hydrogen-bond donors (Lipinski definition) is 2. The molecule has 0 saturated carbocycles. The van der Waals surface area contributed by atoms with E-state index in [0.717, 1.165) is 45.7 Å². The van der Waals surface area contributed by atoms with Crippen molar-refractivity contribution in [1.29, 1.82) is 0 Å². The Morgan fingerprint density at radius 3 is 1.23 bits per heavy atom. The molecule has 2 unspecified atom stereocenters. The monoisotopic (exact) mass is 616 g/mol. The molecular weight excluding hydrogens is 581 g/mol. The summed E-state index contributed by atoms with van der Waals surface area (Å²) in [6.07, 6.45) is 0. The van der Waals surface area contributed by atoms with E-state index in [-0.39, 0.29) is 0 Å². The number of nitrogens with zero attached hydrogens (tertiary/aromatic N) is 4. The second-order valence-corrected chi connectivity index (χ2v) is 13.6. The van der Waals surface area contributed by atoms with Crippen molar-refractivity contribution in [3.8, 4) is 0 Å². The third-order valence-corrected chi connectivity index (χ3v) is 10.2. The fraction of sp³-hybridized carbons (Fsp3) is 0.222. The minimum atomic E-state index is -0.953. The van der Waals surface area contributed by atoms with Crippen molar-refractivity contribution in [2.75, 3.05) is 22.1 Å². The van der Waals surface area contributed by atoms with Crippen LogP contribution in [0.3, 0.4) is 0 Å². The third kappa shape index (κ3) is 5.72. The summed E-state index contributed by atoms with van der Waals surface area (Å²) in [5, 5.41) is 7.40. The Hall–Kier alpha value is -4.14. The molecule has 0 amide bonds. The van der Waals surface area contributed by atoms with Crippen LogP contribution in [0.15, 0.2) is 129 Å². The van der Waals surface area contributed by atoms with E-state index in [4.69, 9.17) is 20.0 Å². The summed E-state index contributed by atoms with van der Waals surface area (Å²) >= 11 is 3.47. The SMILES string of the molecule is CCSC1(C2(SCC)N=C(c3ccccc3)N=C2Nc2ccc(C)cc2)N=C(c2ccccc2)N=C1Nc1ccc(C)cc1. The summed E-state index contributed by atoms with van der Waals surface area (Å²) in [7, 11) is 0. The first-order valence-electron chi connectivity index (χ1n) is 14.9. The van der Waals surface area contributed by atoms with Gasteiger partial charge in [-0.25, -0.2) is 20.0 Å². The first-order chi connectivity index (χ1) is 21.5. The number of hydrogen-bond acceptors (Lipinski definition) is 8. The lowest BCUT2D eigenvalue weighted by Crippen LogP contribution is -2.59. The lowest BCUT2D eigenvalue weighted by Gasteiger charge is -2.42. The van der Waals surface area contributed by atoms with E-state index < -0.39 is 9.74 Å². The molecule has 8 heteroatoms. The highest BCUT2D eigenvalue weighted by Crippen LogP contribution is 2.53. The molecule has 0 bridgehead atoms. The molecule has 2 heterocycles. The smallest absolute Gasteiger partial charge is 0.207 e. The molecule has 0 fully saturated rings. The van der Waals surface area contributed by atoms with Crippen LogP contribution in [0.2, 0.25) is 0 Å². The molecule has 0 spiro atoms. The summed E-state index contributed by atoms with van der Waals surface area (Å²) in [6.45, 7) is 8.51. The summed E-state index contributed by atoms with van der Waals surface area (Å²) < 4.78 is 0. The Kier molecular flexibility index (Phi) is 8.73. The maximum atomic E-state index is 5.55. The lowest BCUT2D eigenvalue weighted by atomic mass is 10.0. The standard InChI is InChI=1S/C36H36N6S2/c1-5-43-35(33(37-29-21-17-25(3)18-22-29)39-31(41-35)27-13-9-7-10-14-27)36(44-6-2)34(38-30-23-19-26(4)20-24-30)40-32(42-36)28-15-11-8-12-16-28/h7-24H,5-6H2,1-4H3,(H,37,39,41)(H,38,40,42). The van der Waals surface area contributed by atoms with Gasteiger partial charge in [0.2, 0.25) is 9.74 Å². The van der Waals surface area contributed by atoms with Crippen LogP contribution in [-0.2, 0) is 0 Å². The van der Waals surface area contributed by atoms with Crippen molar-refractivity contribution in [1.82, 2.24) is 0 Å². The van der Waals surface area contributed by atoms with Gasteiger partial charge in [-0.3, -0.25) is 0 Å². The van der Waals surface area contributed by atoms with Gasteiger partial charge in [-0.2, -0.15) is 0 Å². The summed E-state index contributed by atoms with van der Waals surface area (Å²) in [5.41, 5.74) is 6.21. The van der Waals surface area contributed by atoms with E-state index in [1.165, 1.54) is 11.1 Å². The van der Waals surface area contributed by atoms with Crippen molar-refractivity contribution in [3.05, 3.63) is 131 Å². The molecule has 2 aliphatic heterocycles. The Labute approximate surface area is 268 Å². The van der Waals surface area contributed by atoms with Crippen molar-refractivity contribution in [2.45, 2.75) is 37.4 Å². The molecule has 0 aliphatic carbocycles. The van der Waals surface area contributed by atoms with Gasteiger partial charge in [0.15, 0.2) is 23.3 Å². The van der Waals surface area contributed by atoms with Crippen LogP contribution in [-0.4, -0.2) is 44.6 Å². The normalized spacial score (nSPS) is 20.9. The quantitative estimate of drug-likeness (QED) is 0.198. The van der Waals surface area contributed by atoms with Crippen LogP contribution >= 0.6 is 23.5 Å². The number of aliphatic imine (C=N–C) groups is 4. The Bertz CT molecular complexity index is 1600. The Morgan fingerprint density at radius 2 is 0.886 bits per heavy atom. The molecule has 4 aromatic carbocycles. The molecule has 0 radical (unpaired) electrons. The van der Waals surface area contributed by atoms with Crippen molar-refractivity contribution < 1.29 is 0 Å². The number of benzene rings is 4. The molecule has 0 saturated heterocycles. The molecule has 2 N–H and O–H groups in total. The number of anilines is 2. The minimum Gasteiger partial charge on any atom is -0.341 e. The summed E-state index contributed by atoms with van der Waals surface area (Å²) in [4.78, 5) is 19.7. The fourth-order valence-electron chi connectivity index (χ4n) is 5.31. The minimum absolute atomic E-state index is 0.676. The largest absolute Gasteiger partial charge is 0.341 e. The van der Waals surface area contributed by atoms with Gasteiger partial charge in [0.25, 0.3) is 0 Å². The predicted molar refractivity (Wildman–Crippen MR) is 192 cm³/mol. The first kappa shape index (κ1) is 29.9. The topological polar surface area (TPSA) is 73.5 Å². The van der Waals surface area contributed by atoms with Crippen LogP contribution in [0.4, 0.5) is 11.4 Å². The second-order valence-electron chi connectivity index (χ2n) is 10.7. The molecule has 0 aromatic heterocycles. The van der Waals surface area contributed by atoms with Gasteiger partial charge in [-0.15, -0.1) is 23.5 Å². The van der Waals surface area contributed by atoms with Crippen molar-refractivity contribution >= 4 is 58.2 Å². The summed E-state index contributed by atoms with van der Waals surface area (Å²) in [5.74, 6) is 4.42. The van der Waals surface area contributed by atoms with Crippen LogP contribution in [0, 0.1) is 13.8 Å². The summed E-state index contributed by atoms with van der Waals surface area (Å²) in [6, 6.07) is 37.2. The molecule has 6 nitrogen and oxygen atoms in total. The number of rotatable bonds is 9. The van der Waals surface area contributed by atoms with E-state index in [9.17, 15) is 0 Å². The zero-order valence-corrected chi connectivity index (χ0v) is 27.0. The average Bonchev–Trinajstić information content (AvgIpc) is 3.60. The number of nitrogens with one attached hydrogen (secondary N) is 2. The number of thioether (sulfide) groups is 2. The van der Waals surface area contributed by atoms with E-state index in [1.807, 2.05) is 36.4 Å². The van der Waals surface area contributed by atoms with Gasteiger partial charge in [0, 0.05) is 22.5 Å². The van der Waals surface area contributed by atoms with Gasteiger partial charge in [0.1, 0.15) is 0 Å². The molecule has 2 aliphatic rings. The Morgan fingerprint density at radius 1 is 0.523 bits per heavy atom. The first-order valence-corrected chi connectivity index (χ1v) is 16.9. The van der Waals surface area contributed by atoms with Gasteiger partial charge in [-0.05, 0) is 49.6 Å². The second kappa shape index (κ2) is 12.8. The highest BCUT2D eigenvalue weighted by molar-refractivity contribution is 8.06. The van der Waals surface area contributed by atoms with E-state index >= 15 is 0 Å². The van der Waals surface area contributed by atoms with Crippen LogP contribution in [0.1, 0.15) is 36.1 Å². The Balaban J connectivity index is 1.58. The van der Waals surface area contributed by atoms with E-state index in [1.54, 1.807) is 23.5 Å². The fourth-order valence-corrected chi connectivity index (χ4v) is 7.94. The van der Waals surface area contributed by atoms with Crippen LogP contribution < -0.4 is 10.6 Å². The van der Waals surface area contributed by atoms with Gasteiger partial charge >= 0.3 is 0 Å². The zero-order valence-electron chi connectivity index (χ0n) is 25.4. The predicted octanol–water partition coefficient (Wildman–Crippen LogP) is 8.44. The zero-order chi connectivity index (χ0) is 30.6. The van der Waals surface area contributed by atoms with E-state index in [2.05, 4.69) is 111 Å². The lowest BCUT2D eigenvalue weighted by molar-refractivity contribution is 0.686. The molecule has 2 atom stereocenters. The molecule has 222 valence electrons. The number of aryl methyl sites for hydroxylation is 2. The molecule has 4 aromatic rings. The average molecular weight is 617 g/mol. The molecule has 44 heavy (non-hydrogen) atoms. The molecule has 6 rings (SSSR count). The maximum absolute atomic E-state index is 5.55. The van der Waals surface area contributed by atoms with E-state index in [0.29, 0.717) is 11.7 Å².